The fourth-order valence-corrected chi connectivity index (χ4v) is 3.06. The summed E-state index contributed by atoms with van der Waals surface area (Å²) in [6.07, 6.45) is 1.09. The van der Waals surface area contributed by atoms with Crippen LogP contribution in [0.5, 0.6) is 0 Å². The van der Waals surface area contributed by atoms with Gasteiger partial charge in [-0.05, 0) is 37.1 Å². The molecule has 1 aromatic rings. The molecule has 0 atom stereocenters. The number of carbonyl (C=O) groups excluding carboxylic acids is 3. The number of rotatable bonds is 7. The summed E-state index contributed by atoms with van der Waals surface area (Å²) in [7, 11) is 1.31. The Hall–Kier alpha value is -2.45. The Balaban J connectivity index is 1.49. The number of nitrogens with zero attached hydrogens (tertiary/aromatic N) is 1. The highest BCUT2D eigenvalue weighted by Crippen LogP contribution is 2.46. The van der Waals surface area contributed by atoms with E-state index in [0.717, 1.165) is 32.8 Å². The SMILES string of the molecule is COC(=O)c1ccc(NC(=O)C2(C(=O)NCCN3CCOCC3)CC2)cc1. The van der Waals surface area contributed by atoms with Gasteiger partial charge in [-0.2, -0.15) is 0 Å². The molecule has 27 heavy (non-hydrogen) atoms. The van der Waals surface area contributed by atoms with Gasteiger partial charge < -0.3 is 20.1 Å². The first-order valence-electron chi connectivity index (χ1n) is 9.13. The van der Waals surface area contributed by atoms with Crippen LogP contribution in [0.25, 0.3) is 0 Å². The number of morpholine rings is 1. The van der Waals surface area contributed by atoms with Crippen LogP contribution in [-0.2, 0) is 19.1 Å². The van der Waals surface area contributed by atoms with Gasteiger partial charge in [0.1, 0.15) is 5.41 Å². The van der Waals surface area contributed by atoms with Crippen LogP contribution >= 0.6 is 0 Å². The number of hydrogen-bond donors (Lipinski definition) is 2. The minimum atomic E-state index is -0.980. The standard InChI is InChI=1S/C19H25N3O5/c1-26-16(23)14-2-4-15(5-3-14)21-18(25)19(6-7-19)17(24)20-8-9-22-10-12-27-13-11-22/h2-5H,6-13H2,1H3,(H,20,24)(H,21,25). The zero-order chi connectivity index (χ0) is 19.3. The van der Waals surface area contributed by atoms with Crippen LogP contribution in [0.2, 0.25) is 0 Å². The highest BCUT2D eigenvalue weighted by molar-refractivity contribution is 6.13. The van der Waals surface area contributed by atoms with Crippen LogP contribution in [0.15, 0.2) is 24.3 Å². The van der Waals surface area contributed by atoms with E-state index in [-0.39, 0.29) is 11.8 Å². The summed E-state index contributed by atoms with van der Waals surface area (Å²) in [5, 5.41) is 5.66. The lowest BCUT2D eigenvalue weighted by molar-refractivity contribution is -0.134. The maximum absolute atomic E-state index is 12.6. The molecule has 1 aliphatic carbocycles. The lowest BCUT2D eigenvalue weighted by Gasteiger charge is -2.26. The summed E-state index contributed by atoms with van der Waals surface area (Å²) in [5.41, 5.74) is -0.0380. The molecule has 8 nitrogen and oxygen atoms in total. The van der Waals surface area contributed by atoms with Crippen molar-refractivity contribution in [2.45, 2.75) is 12.8 Å². The van der Waals surface area contributed by atoms with E-state index in [9.17, 15) is 14.4 Å². The van der Waals surface area contributed by atoms with E-state index in [4.69, 9.17) is 4.74 Å². The number of hydrogen-bond acceptors (Lipinski definition) is 6. The Labute approximate surface area is 158 Å². The zero-order valence-corrected chi connectivity index (χ0v) is 15.5. The minimum absolute atomic E-state index is 0.223. The zero-order valence-electron chi connectivity index (χ0n) is 15.5. The predicted molar refractivity (Wildman–Crippen MR) is 98.3 cm³/mol. The van der Waals surface area contributed by atoms with Crippen molar-refractivity contribution in [3.8, 4) is 0 Å². The number of carbonyl (C=O) groups is 3. The Kier molecular flexibility index (Phi) is 6.08. The molecule has 0 bridgehead atoms. The number of ether oxygens (including phenoxy) is 2. The molecule has 2 fully saturated rings. The number of methoxy groups -OCH3 is 1. The Morgan fingerprint density at radius 1 is 1.11 bits per heavy atom. The number of nitrogens with one attached hydrogen (secondary N) is 2. The van der Waals surface area contributed by atoms with E-state index in [1.165, 1.54) is 7.11 Å². The van der Waals surface area contributed by atoms with E-state index < -0.39 is 11.4 Å². The Morgan fingerprint density at radius 3 is 2.37 bits per heavy atom. The van der Waals surface area contributed by atoms with Crippen LogP contribution in [0.3, 0.4) is 0 Å². The topological polar surface area (TPSA) is 97.0 Å². The summed E-state index contributed by atoms with van der Waals surface area (Å²) >= 11 is 0. The first kappa shape index (κ1) is 19.3. The first-order chi connectivity index (χ1) is 13.0. The van der Waals surface area contributed by atoms with Crippen molar-refractivity contribution in [3.05, 3.63) is 29.8 Å². The molecule has 8 heteroatoms. The third-order valence-electron chi connectivity index (χ3n) is 5.00. The smallest absolute Gasteiger partial charge is 0.337 e. The molecule has 1 aromatic carbocycles. The highest BCUT2D eigenvalue weighted by atomic mass is 16.5. The van der Waals surface area contributed by atoms with Gasteiger partial charge in [-0.25, -0.2) is 4.79 Å². The van der Waals surface area contributed by atoms with Crippen molar-refractivity contribution in [3.63, 3.8) is 0 Å². The van der Waals surface area contributed by atoms with Crippen molar-refractivity contribution in [2.75, 3.05) is 51.8 Å². The molecule has 0 unspecified atom stereocenters. The van der Waals surface area contributed by atoms with E-state index in [1.54, 1.807) is 24.3 Å². The molecule has 0 aromatic heterocycles. The average molecular weight is 375 g/mol. The van der Waals surface area contributed by atoms with Gasteiger partial charge in [0.25, 0.3) is 0 Å². The van der Waals surface area contributed by atoms with Crippen molar-refractivity contribution in [1.82, 2.24) is 10.2 Å². The van der Waals surface area contributed by atoms with Crippen LogP contribution in [0.4, 0.5) is 5.69 Å². The molecule has 0 spiro atoms. The monoisotopic (exact) mass is 375 g/mol. The van der Waals surface area contributed by atoms with Crippen molar-refractivity contribution in [2.24, 2.45) is 5.41 Å². The normalized spacial score (nSPS) is 18.4. The molecule has 1 heterocycles. The second-order valence-corrected chi connectivity index (χ2v) is 6.82. The lowest BCUT2D eigenvalue weighted by Crippen LogP contribution is -2.45. The van der Waals surface area contributed by atoms with Crippen molar-refractivity contribution >= 4 is 23.5 Å². The molecule has 146 valence electrons. The molecular formula is C19H25N3O5. The first-order valence-corrected chi connectivity index (χ1v) is 9.13. The number of anilines is 1. The van der Waals surface area contributed by atoms with E-state index in [1.807, 2.05) is 0 Å². The maximum atomic E-state index is 12.6. The molecule has 2 N–H and O–H groups in total. The summed E-state index contributed by atoms with van der Waals surface area (Å²) in [6.45, 7) is 4.43. The van der Waals surface area contributed by atoms with Crippen LogP contribution in [0.1, 0.15) is 23.2 Å². The van der Waals surface area contributed by atoms with Gasteiger partial charge in [-0.15, -0.1) is 0 Å². The maximum Gasteiger partial charge on any atom is 0.337 e. The second-order valence-electron chi connectivity index (χ2n) is 6.82. The predicted octanol–water partition coefficient (Wildman–Crippen LogP) is 0.640. The average Bonchev–Trinajstić information content (AvgIpc) is 3.51. The minimum Gasteiger partial charge on any atom is -0.465 e. The summed E-state index contributed by atoms with van der Waals surface area (Å²) in [6, 6.07) is 6.39. The van der Waals surface area contributed by atoms with Crippen LogP contribution in [0, 0.1) is 5.41 Å². The van der Waals surface area contributed by atoms with E-state index >= 15 is 0 Å². The molecule has 1 saturated carbocycles. The third-order valence-corrected chi connectivity index (χ3v) is 5.00. The van der Waals surface area contributed by atoms with Gasteiger partial charge in [-0.1, -0.05) is 0 Å². The largest absolute Gasteiger partial charge is 0.465 e. The molecule has 2 amide bonds. The second kappa shape index (κ2) is 8.49. The Bertz CT molecular complexity index is 694. The molecular weight excluding hydrogens is 350 g/mol. The molecule has 1 saturated heterocycles. The summed E-state index contributed by atoms with van der Waals surface area (Å²) in [4.78, 5) is 38.8. The molecule has 3 rings (SSSR count). The van der Waals surface area contributed by atoms with Crippen LogP contribution < -0.4 is 10.6 Å². The van der Waals surface area contributed by atoms with Gasteiger partial charge in [0.2, 0.25) is 11.8 Å². The van der Waals surface area contributed by atoms with E-state index in [0.29, 0.717) is 30.6 Å². The fourth-order valence-electron chi connectivity index (χ4n) is 3.06. The fraction of sp³-hybridized carbons (Fsp3) is 0.526. The van der Waals surface area contributed by atoms with Gasteiger partial charge >= 0.3 is 5.97 Å². The molecule has 0 radical (unpaired) electrons. The summed E-state index contributed by atoms with van der Waals surface area (Å²) in [5.74, 6) is -0.970. The lowest BCUT2D eigenvalue weighted by atomic mass is 10.0. The molecule has 2 aliphatic rings. The number of benzene rings is 1. The quantitative estimate of drug-likeness (QED) is 0.536. The Morgan fingerprint density at radius 2 is 1.78 bits per heavy atom. The van der Waals surface area contributed by atoms with Crippen molar-refractivity contribution in [1.29, 1.82) is 0 Å². The van der Waals surface area contributed by atoms with Gasteiger partial charge in [-0.3, -0.25) is 14.5 Å². The van der Waals surface area contributed by atoms with Gasteiger partial charge in [0.05, 0.1) is 25.9 Å². The summed E-state index contributed by atoms with van der Waals surface area (Å²) < 4.78 is 9.94. The third kappa shape index (κ3) is 4.64. The van der Waals surface area contributed by atoms with Crippen molar-refractivity contribution < 1.29 is 23.9 Å². The van der Waals surface area contributed by atoms with E-state index in [2.05, 4.69) is 20.3 Å². The number of amides is 2. The van der Waals surface area contributed by atoms with Gasteiger partial charge in [0.15, 0.2) is 0 Å². The van der Waals surface area contributed by atoms with Gasteiger partial charge in [0, 0.05) is 31.9 Å². The number of esters is 1. The molecule has 1 aliphatic heterocycles. The van der Waals surface area contributed by atoms with Crippen LogP contribution in [-0.4, -0.2) is 69.2 Å². The highest BCUT2D eigenvalue weighted by Gasteiger charge is 2.56.